The highest BCUT2D eigenvalue weighted by Crippen LogP contribution is 2.35. The van der Waals surface area contributed by atoms with E-state index in [1.54, 1.807) is 24.3 Å². The Balaban J connectivity index is 1.62. The molecular formula is C18H16Cl2N2O2S. The van der Waals surface area contributed by atoms with Crippen molar-refractivity contribution < 1.29 is 9.59 Å². The van der Waals surface area contributed by atoms with Crippen molar-refractivity contribution in [2.45, 2.75) is 23.5 Å². The molecule has 1 heterocycles. The van der Waals surface area contributed by atoms with E-state index < -0.39 is 0 Å². The zero-order valence-corrected chi connectivity index (χ0v) is 15.8. The highest BCUT2D eigenvalue weighted by atomic mass is 35.5. The molecule has 2 amide bonds. The number of rotatable bonds is 4. The highest BCUT2D eigenvalue weighted by Gasteiger charge is 2.23. The molecular weight excluding hydrogens is 379 g/mol. The number of carbonyl (C=O) groups is 2. The van der Waals surface area contributed by atoms with Gasteiger partial charge in [0.1, 0.15) is 0 Å². The predicted molar refractivity (Wildman–Crippen MR) is 103 cm³/mol. The fraction of sp³-hybridized carbons (Fsp3) is 0.222. The molecule has 0 spiro atoms. The quantitative estimate of drug-likeness (QED) is 0.807. The second-order valence-corrected chi connectivity index (χ2v) is 7.93. The second kappa shape index (κ2) is 7.68. The number of thioether (sulfide) groups is 1. The first-order valence-corrected chi connectivity index (χ1v) is 9.41. The fourth-order valence-corrected chi connectivity index (χ4v) is 3.92. The Labute approximate surface area is 160 Å². The Morgan fingerprint density at radius 3 is 2.80 bits per heavy atom. The molecule has 1 aliphatic heterocycles. The highest BCUT2D eigenvalue weighted by molar-refractivity contribution is 8.00. The molecule has 0 saturated carbocycles. The lowest BCUT2D eigenvalue weighted by Crippen LogP contribution is -2.28. The first-order chi connectivity index (χ1) is 11.9. The lowest BCUT2D eigenvalue weighted by atomic mass is 10.1. The molecule has 1 atom stereocenters. The predicted octanol–water partition coefficient (Wildman–Crippen LogP) is 4.40. The van der Waals surface area contributed by atoms with Crippen LogP contribution in [0.4, 0.5) is 5.69 Å². The van der Waals surface area contributed by atoms with Crippen molar-refractivity contribution in [1.82, 2.24) is 5.32 Å². The third-order valence-electron chi connectivity index (χ3n) is 3.87. The first-order valence-electron chi connectivity index (χ1n) is 7.78. The summed E-state index contributed by atoms with van der Waals surface area (Å²) in [6, 6.07) is 10.6. The Morgan fingerprint density at radius 2 is 2.04 bits per heavy atom. The van der Waals surface area contributed by atoms with E-state index in [9.17, 15) is 9.59 Å². The van der Waals surface area contributed by atoms with Gasteiger partial charge in [-0.2, -0.15) is 0 Å². The number of amides is 2. The standard InChI is InChI=1S/C18H16Cl2N2O2S/c1-10-17(23)22-15-8-12(3-5-16(15)25-10)18(24)21-7-6-11-2-4-13(19)9-14(11)20/h2-5,8-10H,6-7H2,1H3,(H,21,24)(H,22,23). The molecule has 0 bridgehead atoms. The van der Waals surface area contributed by atoms with E-state index in [1.165, 1.54) is 11.8 Å². The molecule has 0 fully saturated rings. The average molecular weight is 395 g/mol. The maximum atomic E-state index is 12.3. The second-order valence-electron chi connectivity index (χ2n) is 5.70. The van der Waals surface area contributed by atoms with Crippen LogP contribution < -0.4 is 10.6 Å². The van der Waals surface area contributed by atoms with E-state index in [4.69, 9.17) is 23.2 Å². The minimum atomic E-state index is -0.189. The normalized spacial score (nSPS) is 16.1. The van der Waals surface area contributed by atoms with Gasteiger partial charge >= 0.3 is 0 Å². The number of carbonyl (C=O) groups excluding carboxylic acids is 2. The number of hydrogen-bond acceptors (Lipinski definition) is 3. The van der Waals surface area contributed by atoms with Crippen LogP contribution in [-0.4, -0.2) is 23.6 Å². The van der Waals surface area contributed by atoms with E-state index in [0.717, 1.165) is 10.5 Å². The summed E-state index contributed by atoms with van der Waals surface area (Å²) in [5.74, 6) is -0.238. The number of hydrogen-bond donors (Lipinski definition) is 2. The zero-order valence-electron chi connectivity index (χ0n) is 13.4. The molecule has 2 aromatic rings. The van der Waals surface area contributed by atoms with Crippen molar-refractivity contribution in [1.29, 1.82) is 0 Å². The zero-order chi connectivity index (χ0) is 18.0. The number of anilines is 1. The van der Waals surface area contributed by atoms with Gasteiger partial charge in [-0.1, -0.05) is 29.3 Å². The molecule has 1 aliphatic rings. The molecule has 4 nitrogen and oxygen atoms in total. The van der Waals surface area contributed by atoms with Gasteiger partial charge in [0, 0.05) is 27.0 Å². The third-order valence-corrected chi connectivity index (χ3v) is 5.63. The number of halogens is 2. The topological polar surface area (TPSA) is 58.2 Å². The van der Waals surface area contributed by atoms with Crippen LogP contribution in [0.25, 0.3) is 0 Å². The Hall–Kier alpha value is -1.69. The van der Waals surface area contributed by atoms with Crippen LogP contribution in [0.15, 0.2) is 41.3 Å². The van der Waals surface area contributed by atoms with Crippen molar-refractivity contribution in [3.63, 3.8) is 0 Å². The van der Waals surface area contributed by atoms with Crippen molar-refractivity contribution >= 4 is 52.5 Å². The lowest BCUT2D eigenvalue weighted by Gasteiger charge is -2.21. The van der Waals surface area contributed by atoms with E-state index in [1.807, 2.05) is 19.1 Å². The van der Waals surface area contributed by atoms with Crippen molar-refractivity contribution in [2.24, 2.45) is 0 Å². The summed E-state index contributed by atoms with van der Waals surface area (Å²) in [6.45, 7) is 2.31. The Bertz CT molecular complexity index is 842. The number of nitrogens with one attached hydrogen (secondary N) is 2. The van der Waals surface area contributed by atoms with E-state index in [-0.39, 0.29) is 17.1 Å². The summed E-state index contributed by atoms with van der Waals surface area (Å²) in [6.07, 6.45) is 0.608. The van der Waals surface area contributed by atoms with Gasteiger partial charge in [-0.3, -0.25) is 9.59 Å². The van der Waals surface area contributed by atoms with Crippen molar-refractivity contribution in [3.8, 4) is 0 Å². The first kappa shape index (κ1) is 18.1. The van der Waals surface area contributed by atoms with Crippen LogP contribution in [0, 0.1) is 0 Å². The molecule has 0 aromatic heterocycles. The van der Waals surface area contributed by atoms with E-state index in [0.29, 0.717) is 34.3 Å². The van der Waals surface area contributed by atoms with Crippen LogP contribution in [0.2, 0.25) is 10.0 Å². The van der Waals surface area contributed by atoms with E-state index in [2.05, 4.69) is 10.6 Å². The SMILES string of the molecule is CC1Sc2ccc(C(=O)NCCc3ccc(Cl)cc3Cl)cc2NC1=O. The van der Waals surface area contributed by atoms with Crippen LogP contribution in [-0.2, 0) is 11.2 Å². The molecule has 7 heteroatoms. The summed E-state index contributed by atoms with van der Waals surface area (Å²) in [5, 5.41) is 6.74. The van der Waals surface area contributed by atoms with Gasteiger partial charge in [-0.15, -0.1) is 11.8 Å². The van der Waals surface area contributed by atoms with Crippen LogP contribution >= 0.6 is 35.0 Å². The van der Waals surface area contributed by atoms with Crippen LogP contribution in [0.3, 0.4) is 0 Å². The van der Waals surface area contributed by atoms with Crippen LogP contribution in [0.5, 0.6) is 0 Å². The monoisotopic (exact) mass is 394 g/mol. The van der Waals surface area contributed by atoms with Crippen molar-refractivity contribution in [3.05, 3.63) is 57.6 Å². The molecule has 2 aromatic carbocycles. The summed E-state index contributed by atoms with van der Waals surface area (Å²) < 4.78 is 0. The average Bonchev–Trinajstić information content (AvgIpc) is 2.57. The van der Waals surface area contributed by atoms with Crippen LogP contribution in [0.1, 0.15) is 22.8 Å². The summed E-state index contributed by atoms with van der Waals surface area (Å²) in [4.78, 5) is 25.1. The largest absolute Gasteiger partial charge is 0.352 e. The van der Waals surface area contributed by atoms with Gasteiger partial charge in [0.2, 0.25) is 5.91 Å². The van der Waals surface area contributed by atoms with Gasteiger partial charge in [0.15, 0.2) is 0 Å². The van der Waals surface area contributed by atoms with Gasteiger partial charge in [0.05, 0.1) is 10.9 Å². The molecule has 2 N–H and O–H groups in total. The minimum absolute atomic E-state index is 0.0487. The minimum Gasteiger partial charge on any atom is -0.352 e. The van der Waals surface area contributed by atoms with Gasteiger partial charge in [-0.05, 0) is 49.2 Å². The summed E-state index contributed by atoms with van der Waals surface area (Å²) in [7, 11) is 0. The van der Waals surface area contributed by atoms with Crippen molar-refractivity contribution in [2.75, 3.05) is 11.9 Å². The molecule has 0 radical (unpaired) electrons. The molecule has 130 valence electrons. The molecule has 1 unspecified atom stereocenters. The Kier molecular flexibility index (Phi) is 5.57. The maximum absolute atomic E-state index is 12.3. The van der Waals surface area contributed by atoms with Gasteiger partial charge in [-0.25, -0.2) is 0 Å². The van der Waals surface area contributed by atoms with Gasteiger partial charge in [0.25, 0.3) is 5.91 Å². The maximum Gasteiger partial charge on any atom is 0.251 e. The lowest BCUT2D eigenvalue weighted by molar-refractivity contribution is -0.115. The summed E-state index contributed by atoms with van der Waals surface area (Å²) >= 11 is 13.5. The Morgan fingerprint density at radius 1 is 1.24 bits per heavy atom. The van der Waals surface area contributed by atoms with E-state index >= 15 is 0 Å². The summed E-state index contributed by atoms with van der Waals surface area (Å²) in [5.41, 5.74) is 2.12. The number of benzene rings is 2. The van der Waals surface area contributed by atoms with Gasteiger partial charge < -0.3 is 10.6 Å². The number of fused-ring (bicyclic) bond motifs is 1. The molecule has 0 aliphatic carbocycles. The molecule has 3 rings (SSSR count). The smallest absolute Gasteiger partial charge is 0.251 e. The third kappa shape index (κ3) is 4.29. The molecule has 25 heavy (non-hydrogen) atoms. The molecule has 0 saturated heterocycles. The fourth-order valence-electron chi connectivity index (χ4n) is 2.49.